The summed E-state index contributed by atoms with van der Waals surface area (Å²) in [7, 11) is 0. The van der Waals surface area contributed by atoms with Crippen molar-refractivity contribution >= 4 is 17.4 Å². The summed E-state index contributed by atoms with van der Waals surface area (Å²) in [6.45, 7) is 6.50. The van der Waals surface area contributed by atoms with Gasteiger partial charge in [-0.1, -0.05) is 25.1 Å². The van der Waals surface area contributed by atoms with Gasteiger partial charge in [-0.2, -0.15) is 0 Å². The molecule has 2 aliphatic rings. The molecule has 0 N–H and O–H groups in total. The third-order valence-corrected chi connectivity index (χ3v) is 5.40. The number of fused-ring (bicyclic) bond motifs is 1. The van der Waals surface area contributed by atoms with Crippen LogP contribution in [0.2, 0.25) is 0 Å². The first-order chi connectivity index (χ1) is 12.1. The number of piperidine rings is 1. The van der Waals surface area contributed by atoms with E-state index in [9.17, 15) is 4.79 Å². The lowest BCUT2D eigenvalue weighted by molar-refractivity contribution is 0.0981. The lowest BCUT2D eigenvalue weighted by Gasteiger charge is -2.32. The average molecular weight is 335 g/mol. The Balaban J connectivity index is 1.55. The predicted molar refractivity (Wildman–Crippen MR) is 101 cm³/mol. The molecule has 4 rings (SSSR count). The zero-order valence-electron chi connectivity index (χ0n) is 15.0. The smallest absolute Gasteiger partial charge is 0.260 e. The molecule has 1 saturated heterocycles. The Labute approximate surface area is 149 Å². The van der Waals surface area contributed by atoms with Gasteiger partial charge in [-0.15, -0.1) is 0 Å². The van der Waals surface area contributed by atoms with Crippen LogP contribution in [0.1, 0.15) is 42.6 Å². The van der Waals surface area contributed by atoms with Crippen molar-refractivity contribution in [2.75, 3.05) is 22.9 Å². The van der Waals surface area contributed by atoms with E-state index in [1.54, 1.807) is 6.20 Å². The van der Waals surface area contributed by atoms with Gasteiger partial charge in [-0.25, -0.2) is 4.98 Å². The van der Waals surface area contributed by atoms with Crippen molar-refractivity contribution in [2.45, 2.75) is 39.2 Å². The molecule has 2 unspecified atom stereocenters. The maximum Gasteiger partial charge on any atom is 0.260 e. The third kappa shape index (κ3) is 3.01. The minimum atomic E-state index is 0.0449. The number of benzene rings is 1. The van der Waals surface area contributed by atoms with Gasteiger partial charge in [0.05, 0.1) is 5.56 Å². The molecule has 4 nitrogen and oxygen atoms in total. The van der Waals surface area contributed by atoms with E-state index in [4.69, 9.17) is 0 Å². The number of amides is 1. The lowest BCUT2D eigenvalue weighted by atomic mass is 10.0. The molecule has 2 atom stereocenters. The summed E-state index contributed by atoms with van der Waals surface area (Å²) in [6.07, 6.45) is 5.16. The van der Waals surface area contributed by atoms with Crippen LogP contribution in [-0.2, 0) is 6.42 Å². The molecule has 130 valence electrons. The Kier molecular flexibility index (Phi) is 4.20. The SMILES string of the molecule is CC1CCCN(c2ccc(C(=O)N3c4ccccc4CC3C)cn2)C1. The fourth-order valence-corrected chi connectivity index (χ4v) is 4.11. The van der Waals surface area contributed by atoms with Gasteiger partial charge < -0.3 is 9.80 Å². The number of hydrogen-bond donors (Lipinski definition) is 0. The van der Waals surface area contributed by atoms with Crippen molar-refractivity contribution < 1.29 is 4.79 Å². The van der Waals surface area contributed by atoms with E-state index in [1.807, 2.05) is 35.2 Å². The Morgan fingerprint density at radius 2 is 2.00 bits per heavy atom. The van der Waals surface area contributed by atoms with Crippen LogP contribution in [0.3, 0.4) is 0 Å². The van der Waals surface area contributed by atoms with E-state index in [2.05, 4.69) is 29.8 Å². The van der Waals surface area contributed by atoms with Crippen LogP contribution < -0.4 is 9.80 Å². The molecule has 0 aliphatic carbocycles. The van der Waals surface area contributed by atoms with Crippen LogP contribution in [0.15, 0.2) is 42.6 Å². The molecule has 1 fully saturated rings. The van der Waals surface area contributed by atoms with Crippen LogP contribution in [0.4, 0.5) is 11.5 Å². The molecular weight excluding hydrogens is 310 g/mol. The summed E-state index contributed by atoms with van der Waals surface area (Å²) in [4.78, 5) is 21.9. The van der Waals surface area contributed by atoms with Crippen molar-refractivity contribution in [1.82, 2.24) is 4.98 Å². The van der Waals surface area contributed by atoms with Crippen molar-refractivity contribution in [3.8, 4) is 0 Å². The Morgan fingerprint density at radius 1 is 1.16 bits per heavy atom. The Hall–Kier alpha value is -2.36. The van der Waals surface area contributed by atoms with E-state index < -0.39 is 0 Å². The van der Waals surface area contributed by atoms with Crippen LogP contribution in [0, 0.1) is 5.92 Å². The second kappa shape index (κ2) is 6.51. The number of para-hydroxylation sites is 1. The van der Waals surface area contributed by atoms with Crippen LogP contribution in [-0.4, -0.2) is 30.0 Å². The fourth-order valence-electron chi connectivity index (χ4n) is 4.11. The van der Waals surface area contributed by atoms with Crippen LogP contribution >= 0.6 is 0 Å². The third-order valence-electron chi connectivity index (χ3n) is 5.40. The summed E-state index contributed by atoms with van der Waals surface area (Å²) in [5.74, 6) is 1.74. The predicted octanol–water partition coefficient (Wildman–Crippen LogP) is 3.91. The molecular formula is C21H25N3O. The number of carbonyl (C=O) groups is 1. The summed E-state index contributed by atoms with van der Waals surface area (Å²) >= 11 is 0. The number of aromatic nitrogens is 1. The standard InChI is InChI=1S/C21H25N3O/c1-15-6-5-11-23(14-15)20-10-9-18(13-22-20)21(25)24-16(2)12-17-7-3-4-8-19(17)24/h3-4,7-10,13,15-16H,5-6,11-12,14H2,1-2H3. The van der Waals surface area contributed by atoms with Gasteiger partial charge in [0.1, 0.15) is 5.82 Å². The minimum Gasteiger partial charge on any atom is -0.356 e. The van der Waals surface area contributed by atoms with E-state index >= 15 is 0 Å². The van der Waals surface area contributed by atoms with Gasteiger partial charge in [-0.05, 0) is 55.9 Å². The highest BCUT2D eigenvalue weighted by molar-refractivity contribution is 6.07. The van der Waals surface area contributed by atoms with Crippen LogP contribution in [0.25, 0.3) is 0 Å². The second-order valence-corrected chi connectivity index (χ2v) is 7.46. The number of hydrogen-bond acceptors (Lipinski definition) is 3. The highest BCUT2D eigenvalue weighted by Gasteiger charge is 2.31. The van der Waals surface area contributed by atoms with E-state index in [0.717, 1.165) is 31.0 Å². The fraction of sp³-hybridized carbons (Fsp3) is 0.429. The van der Waals surface area contributed by atoms with Gasteiger partial charge in [0.2, 0.25) is 0 Å². The zero-order valence-corrected chi connectivity index (χ0v) is 15.0. The summed E-state index contributed by atoms with van der Waals surface area (Å²) in [6, 6.07) is 12.3. The summed E-state index contributed by atoms with van der Waals surface area (Å²) < 4.78 is 0. The first kappa shape index (κ1) is 16.1. The van der Waals surface area contributed by atoms with Crippen molar-refractivity contribution in [3.05, 3.63) is 53.7 Å². The molecule has 1 aromatic heterocycles. The molecule has 3 heterocycles. The van der Waals surface area contributed by atoms with Gasteiger partial charge in [0.15, 0.2) is 0 Å². The number of carbonyl (C=O) groups excluding carboxylic acids is 1. The summed E-state index contributed by atoms with van der Waals surface area (Å²) in [5, 5.41) is 0. The molecule has 4 heteroatoms. The number of rotatable bonds is 2. The lowest BCUT2D eigenvalue weighted by Crippen LogP contribution is -2.36. The van der Waals surface area contributed by atoms with E-state index in [0.29, 0.717) is 11.5 Å². The van der Waals surface area contributed by atoms with Gasteiger partial charge >= 0.3 is 0 Å². The van der Waals surface area contributed by atoms with Gasteiger partial charge in [0, 0.05) is 31.0 Å². The van der Waals surface area contributed by atoms with Crippen molar-refractivity contribution in [2.24, 2.45) is 5.92 Å². The highest BCUT2D eigenvalue weighted by atomic mass is 16.2. The number of anilines is 2. The molecule has 1 amide bonds. The van der Waals surface area contributed by atoms with Crippen LogP contribution in [0.5, 0.6) is 0 Å². The van der Waals surface area contributed by atoms with E-state index in [1.165, 1.54) is 18.4 Å². The first-order valence-corrected chi connectivity index (χ1v) is 9.26. The average Bonchev–Trinajstić information content (AvgIpc) is 2.97. The molecule has 0 radical (unpaired) electrons. The molecule has 1 aromatic carbocycles. The van der Waals surface area contributed by atoms with Crippen molar-refractivity contribution in [1.29, 1.82) is 0 Å². The highest BCUT2D eigenvalue weighted by Crippen LogP contribution is 2.33. The second-order valence-electron chi connectivity index (χ2n) is 7.46. The first-order valence-electron chi connectivity index (χ1n) is 9.26. The largest absolute Gasteiger partial charge is 0.356 e. The van der Waals surface area contributed by atoms with E-state index in [-0.39, 0.29) is 11.9 Å². The zero-order chi connectivity index (χ0) is 17.4. The number of pyridine rings is 1. The molecule has 0 spiro atoms. The summed E-state index contributed by atoms with van der Waals surface area (Å²) in [5.41, 5.74) is 2.95. The molecule has 0 bridgehead atoms. The molecule has 2 aliphatic heterocycles. The van der Waals surface area contributed by atoms with Gasteiger partial charge in [0.25, 0.3) is 5.91 Å². The maximum atomic E-state index is 13.0. The topological polar surface area (TPSA) is 36.4 Å². The molecule has 25 heavy (non-hydrogen) atoms. The quantitative estimate of drug-likeness (QED) is 0.835. The molecule has 2 aromatic rings. The Morgan fingerprint density at radius 3 is 2.76 bits per heavy atom. The Bertz CT molecular complexity index is 771. The monoisotopic (exact) mass is 335 g/mol. The van der Waals surface area contributed by atoms with Crippen molar-refractivity contribution in [3.63, 3.8) is 0 Å². The number of nitrogens with zero attached hydrogens (tertiary/aromatic N) is 3. The maximum absolute atomic E-state index is 13.0. The minimum absolute atomic E-state index is 0.0449. The normalized spacial score (nSPS) is 22.8. The molecule has 0 saturated carbocycles. The van der Waals surface area contributed by atoms with Gasteiger partial charge in [-0.3, -0.25) is 4.79 Å².